The van der Waals surface area contributed by atoms with Crippen LogP contribution < -0.4 is 10.6 Å². The molecule has 182 valence electrons. The van der Waals surface area contributed by atoms with Crippen molar-refractivity contribution in [2.45, 2.75) is 54.5 Å². The van der Waals surface area contributed by atoms with Crippen molar-refractivity contribution in [1.29, 1.82) is 0 Å². The Kier molecular flexibility index (Phi) is 13.4. The third kappa shape index (κ3) is 8.14. The van der Waals surface area contributed by atoms with Crippen LogP contribution in [0.2, 0.25) is 5.02 Å². The molecule has 0 atom stereocenters. The maximum atomic E-state index is 9.92. The SMILES string of the molecule is CC.CC.CCN1CCc2c(sc(NC)c2-c2nc(C)no2)C1.O=CNc1ccc(Cl)cc1. The van der Waals surface area contributed by atoms with E-state index >= 15 is 0 Å². The fourth-order valence-electron chi connectivity index (χ4n) is 3.14. The van der Waals surface area contributed by atoms with E-state index in [4.69, 9.17) is 16.1 Å². The molecule has 2 aromatic heterocycles. The van der Waals surface area contributed by atoms with Crippen molar-refractivity contribution in [2.75, 3.05) is 30.8 Å². The Labute approximate surface area is 206 Å². The van der Waals surface area contributed by atoms with Gasteiger partial charge in [-0.15, -0.1) is 11.3 Å². The first-order valence-electron chi connectivity index (χ1n) is 11.4. The maximum absolute atomic E-state index is 9.92. The van der Waals surface area contributed by atoms with Crippen LogP contribution in [0.1, 0.15) is 50.9 Å². The van der Waals surface area contributed by atoms with Crippen LogP contribution in [-0.2, 0) is 17.8 Å². The molecule has 0 saturated carbocycles. The van der Waals surface area contributed by atoms with E-state index in [1.54, 1.807) is 35.6 Å². The van der Waals surface area contributed by atoms with E-state index < -0.39 is 0 Å². The number of nitrogens with one attached hydrogen (secondary N) is 2. The van der Waals surface area contributed by atoms with Gasteiger partial charge >= 0.3 is 0 Å². The zero-order valence-electron chi connectivity index (χ0n) is 20.7. The van der Waals surface area contributed by atoms with Crippen LogP contribution in [-0.4, -0.2) is 41.6 Å². The number of aromatic nitrogens is 2. The van der Waals surface area contributed by atoms with E-state index in [1.165, 1.54) is 10.4 Å². The molecule has 0 aliphatic carbocycles. The molecule has 3 heterocycles. The highest BCUT2D eigenvalue weighted by Gasteiger charge is 2.26. The van der Waals surface area contributed by atoms with Crippen LogP contribution in [0.3, 0.4) is 0 Å². The first kappa shape index (κ1) is 28.6. The maximum Gasteiger partial charge on any atom is 0.261 e. The summed E-state index contributed by atoms with van der Waals surface area (Å²) in [5.41, 5.74) is 3.24. The van der Waals surface area contributed by atoms with Crippen molar-refractivity contribution in [3.05, 3.63) is 45.6 Å². The van der Waals surface area contributed by atoms with Crippen LogP contribution in [0, 0.1) is 6.92 Å². The van der Waals surface area contributed by atoms with Gasteiger partial charge in [0.25, 0.3) is 5.89 Å². The van der Waals surface area contributed by atoms with Crippen molar-refractivity contribution < 1.29 is 9.32 Å². The fraction of sp³-hybridized carbons (Fsp3) is 0.458. The average molecular weight is 494 g/mol. The molecule has 0 radical (unpaired) electrons. The molecule has 2 N–H and O–H groups in total. The van der Waals surface area contributed by atoms with Gasteiger partial charge in [0, 0.05) is 35.7 Å². The molecule has 0 unspecified atom stereocenters. The lowest BCUT2D eigenvalue weighted by molar-refractivity contribution is -0.105. The summed E-state index contributed by atoms with van der Waals surface area (Å²) in [6.45, 7) is 15.3. The van der Waals surface area contributed by atoms with Crippen molar-refractivity contribution in [2.24, 2.45) is 0 Å². The molecular formula is C24H36ClN5O2S. The van der Waals surface area contributed by atoms with Crippen LogP contribution in [0.25, 0.3) is 11.5 Å². The first-order chi connectivity index (χ1) is 16.0. The van der Waals surface area contributed by atoms with Crippen molar-refractivity contribution in [3.63, 3.8) is 0 Å². The molecule has 1 aliphatic heterocycles. The topological polar surface area (TPSA) is 83.3 Å². The number of fused-ring (bicyclic) bond motifs is 1. The monoisotopic (exact) mass is 493 g/mol. The lowest BCUT2D eigenvalue weighted by Gasteiger charge is -2.25. The summed E-state index contributed by atoms with van der Waals surface area (Å²) in [7, 11) is 1.95. The number of hydrogen-bond donors (Lipinski definition) is 2. The fourth-order valence-corrected chi connectivity index (χ4v) is 4.50. The number of halogens is 1. The standard InChI is InChI=1S/C13H18N4OS.C7H6ClNO.2C2H6/c1-4-17-6-5-9-10(7-17)19-13(14-3)11(9)12-15-8(2)16-18-12;8-6-1-3-7(4-2-6)9-5-10;2*1-2/h14H,4-7H2,1-3H3;1-5H,(H,9,10);2*1-2H3. The Bertz CT molecular complexity index is 956. The number of carbonyl (C=O) groups excluding carboxylic acids is 1. The third-order valence-corrected chi connectivity index (χ3v) is 6.11. The summed E-state index contributed by atoms with van der Waals surface area (Å²) in [4.78, 5) is 18.2. The lowest BCUT2D eigenvalue weighted by atomic mass is 10.0. The number of likely N-dealkylation sites (N-methyl/N-ethyl adjacent to an activating group) is 1. The Morgan fingerprint density at radius 2 is 1.88 bits per heavy atom. The van der Waals surface area contributed by atoms with E-state index in [0.29, 0.717) is 23.1 Å². The van der Waals surface area contributed by atoms with Crippen molar-refractivity contribution in [3.8, 4) is 11.5 Å². The molecule has 4 rings (SSSR count). The summed E-state index contributed by atoms with van der Waals surface area (Å²) in [5.74, 6) is 1.33. The summed E-state index contributed by atoms with van der Waals surface area (Å²) in [5, 5.41) is 11.5. The highest BCUT2D eigenvalue weighted by atomic mass is 35.5. The summed E-state index contributed by atoms with van der Waals surface area (Å²) in [6, 6.07) is 6.90. The minimum absolute atomic E-state index is 0.628. The number of anilines is 2. The molecular weight excluding hydrogens is 458 g/mol. The smallest absolute Gasteiger partial charge is 0.261 e. The predicted octanol–water partition coefficient (Wildman–Crippen LogP) is 6.49. The summed E-state index contributed by atoms with van der Waals surface area (Å²) in [6.07, 6.45) is 1.68. The van der Waals surface area contributed by atoms with Crippen LogP contribution in [0.5, 0.6) is 0 Å². The quantitative estimate of drug-likeness (QED) is 0.395. The zero-order valence-corrected chi connectivity index (χ0v) is 22.2. The molecule has 0 fully saturated rings. The molecule has 0 bridgehead atoms. The van der Waals surface area contributed by atoms with Crippen LogP contribution >= 0.6 is 22.9 Å². The highest BCUT2D eigenvalue weighted by Crippen LogP contribution is 2.42. The number of benzene rings is 1. The van der Waals surface area contributed by atoms with Crippen molar-refractivity contribution >= 4 is 40.0 Å². The first-order valence-corrected chi connectivity index (χ1v) is 12.6. The Hall–Kier alpha value is -2.42. The molecule has 0 saturated heterocycles. The zero-order chi connectivity index (χ0) is 24.8. The van der Waals surface area contributed by atoms with Gasteiger partial charge in [-0.3, -0.25) is 9.69 Å². The predicted molar refractivity (Wildman–Crippen MR) is 140 cm³/mol. The molecule has 3 aromatic rings. The molecule has 1 amide bonds. The molecule has 9 heteroatoms. The minimum atomic E-state index is 0.628. The van der Waals surface area contributed by atoms with Crippen LogP contribution in [0.4, 0.5) is 10.7 Å². The Balaban J connectivity index is 0.000000330. The second kappa shape index (κ2) is 15.4. The number of carbonyl (C=O) groups is 1. The minimum Gasteiger partial charge on any atom is -0.379 e. The van der Waals surface area contributed by atoms with Crippen LogP contribution in [0.15, 0.2) is 28.8 Å². The Morgan fingerprint density at radius 3 is 2.39 bits per heavy atom. The van der Waals surface area contributed by atoms with E-state index in [9.17, 15) is 4.79 Å². The second-order valence-electron chi connectivity index (χ2n) is 6.49. The van der Waals surface area contributed by atoms with Gasteiger partial charge in [0.05, 0.1) is 5.56 Å². The van der Waals surface area contributed by atoms with E-state index in [2.05, 4.69) is 32.6 Å². The van der Waals surface area contributed by atoms with Crippen molar-refractivity contribution in [1.82, 2.24) is 15.0 Å². The largest absolute Gasteiger partial charge is 0.379 e. The van der Waals surface area contributed by atoms with E-state index in [0.717, 1.165) is 42.3 Å². The van der Waals surface area contributed by atoms with Gasteiger partial charge < -0.3 is 15.2 Å². The van der Waals surface area contributed by atoms with Gasteiger partial charge in [0.1, 0.15) is 5.00 Å². The normalized spacial score (nSPS) is 12.0. The van der Waals surface area contributed by atoms with Gasteiger partial charge in [0.15, 0.2) is 5.82 Å². The number of nitrogens with zero attached hydrogens (tertiary/aromatic N) is 3. The molecule has 33 heavy (non-hydrogen) atoms. The van der Waals surface area contributed by atoms with Gasteiger partial charge in [-0.05, 0) is 49.7 Å². The second-order valence-corrected chi connectivity index (χ2v) is 8.03. The summed E-state index contributed by atoms with van der Waals surface area (Å²) < 4.78 is 5.36. The highest BCUT2D eigenvalue weighted by molar-refractivity contribution is 7.17. The molecule has 1 aliphatic rings. The Morgan fingerprint density at radius 1 is 1.21 bits per heavy atom. The summed E-state index contributed by atoms with van der Waals surface area (Å²) >= 11 is 7.40. The number of aryl methyl sites for hydroxylation is 1. The van der Waals surface area contributed by atoms with E-state index in [-0.39, 0.29) is 0 Å². The van der Waals surface area contributed by atoms with Gasteiger partial charge in [-0.1, -0.05) is 51.4 Å². The molecule has 7 nitrogen and oxygen atoms in total. The molecule has 0 spiro atoms. The van der Waals surface area contributed by atoms with E-state index in [1.807, 2.05) is 41.7 Å². The lowest BCUT2D eigenvalue weighted by Crippen LogP contribution is -2.29. The molecule has 1 aromatic carbocycles. The number of rotatable bonds is 5. The number of thiophene rings is 1. The average Bonchev–Trinajstić information content (AvgIpc) is 3.45. The number of hydrogen-bond acceptors (Lipinski definition) is 7. The van der Waals surface area contributed by atoms with Gasteiger partial charge in [-0.25, -0.2) is 0 Å². The van der Waals surface area contributed by atoms with Gasteiger partial charge in [0.2, 0.25) is 6.41 Å². The van der Waals surface area contributed by atoms with Gasteiger partial charge in [-0.2, -0.15) is 4.98 Å². The number of amides is 1. The third-order valence-electron chi connectivity index (χ3n) is 4.62.